The molecule has 0 atom stereocenters. The van der Waals surface area contributed by atoms with Crippen LogP contribution in [-0.2, 0) is 0 Å². The molecule has 1 aromatic heterocycles. The highest BCUT2D eigenvalue weighted by Crippen LogP contribution is 2.17. The van der Waals surface area contributed by atoms with Crippen LogP contribution in [-0.4, -0.2) is 43.6 Å². The van der Waals surface area contributed by atoms with Crippen molar-refractivity contribution in [3.8, 4) is 0 Å². The second-order valence-electron chi connectivity index (χ2n) is 5.11. The molecule has 2 rings (SSSR count). The molecule has 0 spiro atoms. The van der Waals surface area contributed by atoms with Crippen molar-refractivity contribution in [2.75, 3.05) is 37.6 Å². The van der Waals surface area contributed by atoms with Crippen LogP contribution >= 0.6 is 24.8 Å². The van der Waals surface area contributed by atoms with Gasteiger partial charge in [0.25, 0.3) is 5.91 Å². The second-order valence-corrected chi connectivity index (χ2v) is 5.11. The van der Waals surface area contributed by atoms with Gasteiger partial charge in [-0.05, 0) is 37.9 Å². The van der Waals surface area contributed by atoms with E-state index in [0.717, 1.165) is 38.4 Å². The van der Waals surface area contributed by atoms with E-state index in [2.05, 4.69) is 27.4 Å². The standard InChI is InChI=1S/C15H24N4O.2ClH/c1-2-7-16-8-9-17-15(20)13-5-6-14(18-12-13)19-10-3-4-11-19;;/h5-6,12,16H,2-4,7-11H2,1H3,(H,17,20);2*1H. The highest BCUT2D eigenvalue weighted by Gasteiger charge is 2.14. The summed E-state index contributed by atoms with van der Waals surface area (Å²) in [4.78, 5) is 18.6. The van der Waals surface area contributed by atoms with Crippen LogP contribution in [0.2, 0.25) is 0 Å². The fraction of sp³-hybridized carbons (Fsp3) is 0.600. The van der Waals surface area contributed by atoms with Gasteiger partial charge in [-0.15, -0.1) is 24.8 Å². The van der Waals surface area contributed by atoms with E-state index in [1.54, 1.807) is 6.20 Å². The van der Waals surface area contributed by atoms with Gasteiger partial charge >= 0.3 is 0 Å². The maximum atomic E-state index is 11.9. The van der Waals surface area contributed by atoms with Gasteiger partial charge in [0.15, 0.2) is 0 Å². The minimum Gasteiger partial charge on any atom is -0.357 e. The fourth-order valence-corrected chi connectivity index (χ4v) is 2.32. The number of nitrogens with zero attached hydrogens (tertiary/aromatic N) is 2. The number of hydrogen-bond donors (Lipinski definition) is 2. The first-order chi connectivity index (χ1) is 9.81. The molecule has 22 heavy (non-hydrogen) atoms. The quantitative estimate of drug-likeness (QED) is 0.742. The normalized spacial score (nSPS) is 13.2. The van der Waals surface area contributed by atoms with Crippen LogP contribution in [0.25, 0.3) is 0 Å². The largest absolute Gasteiger partial charge is 0.357 e. The Morgan fingerprint density at radius 2 is 1.91 bits per heavy atom. The number of hydrogen-bond acceptors (Lipinski definition) is 4. The van der Waals surface area contributed by atoms with E-state index in [1.807, 2.05) is 12.1 Å². The van der Waals surface area contributed by atoms with Crippen LogP contribution in [0.3, 0.4) is 0 Å². The molecule has 1 aliphatic heterocycles. The number of anilines is 1. The molecule has 0 aliphatic carbocycles. The number of carbonyl (C=O) groups excluding carboxylic acids is 1. The molecular weight excluding hydrogens is 323 g/mol. The summed E-state index contributed by atoms with van der Waals surface area (Å²) < 4.78 is 0. The number of rotatable bonds is 7. The van der Waals surface area contributed by atoms with Crippen LogP contribution in [0.15, 0.2) is 18.3 Å². The summed E-state index contributed by atoms with van der Waals surface area (Å²) in [5, 5.41) is 6.14. The van der Waals surface area contributed by atoms with Crippen LogP contribution in [0.5, 0.6) is 0 Å². The van der Waals surface area contributed by atoms with E-state index in [-0.39, 0.29) is 30.7 Å². The van der Waals surface area contributed by atoms with E-state index in [4.69, 9.17) is 0 Å². The predicted octanol–water partition coefficient (Wildman–Crippen LogP) is 2.25. The van der Waals surface area contributed by atoms with Crippen molar-refractivity contribution in [1.29, 1.82) is 0 Å². The second kappa shape index (κ2) is 11.5. The third kappa shape index (κ3) is 6.38. The Hall–Kier alpha value is -1.04. The smallest absolute Gasteiger partial charge is 0.252 e. The van der Waals surface area contributed by atoms with E-state index in [9.17, 15) is 4.79 Å². The molecule has 2 heterocycles. The van der Waals surface area contributed by atoms with Gasteiger partial charge in [-0.3, -0.25) is 4.79 Å². The van der Waals surface area contributed by atoms with E-state index < -0.39 is 0 Å². The average molecular weight is 349 g/mol. The number of halogens is 2. The van der Waals surface area contributed by atoms with Gasteiger partial charge in [-0.2, -0.15) is 0 Å². The molecule has 1 aliphatic rings. The minimum absolute atomic E-state index is 0. The fourth-order valence-electron chi connectivity index (χ4n) is 2.32. The van der Waals surface area contributed by atoms with Gasteiger partial charge in [-0.1, -0.05) is 6.92 Å². The Kier molecular flexibility index (Phi) is 11.0. The lowest BCUT2D eigenvalue weighted by Gasteiger charge is -2.16. The van der Waals surface area contributed by atoms with Crippen molar-refractivity contribution in [3.63, 3.8) is 0 Å². The van der Waals surface area contributed by atoms with Crippen LogP contribution in [0, 0.1) is 0 Å². The van der Waals surface area contributed by atoms with Gasteiger partial charge in [0.2, 0.25) is 0 Å². The van der Waals surface area contributed by atoms with Crippen LogP contribution < -0.4 is 15.5 Å². The zero-order chi connectivity index (χ0) is 14.2. The molecule has 126 valence electrons. The third-order valence-electron chi connectivity index (χ3n) is 3.45. The minimum atomic E-state index is -0.0521. The first-order valence-electron chi connectivity index (χ1n) is 7.51. The Bertz CT molecular complexity index is 422. The molecule has 2 N–H and O–H groups in total. The van der Waals surface area contributed by atoms with Crippen molar-refractivity contribution in [2.24, 2.45) is 0 Å². The third-order valence-corrected chi connectivity index (χ3v) is 3.45. The molecule has 0 radical (unpaired) electrons. The maximum Gasteiger partial charge on any atom is 0.252 e. The zero-order valence-corrected chi connectivity index (χ0v) is 14.6. The molecular formula is C15H26Cl2N4O. The number of carbonyl (C=O) groups is 1. The van der Waals surface area contributed by atoms with Crippen LogP contribution in [0.4, 0.5) is 5.82 Å². The zero-order valence-electron chi connectivity index (χ0n) is 13.0. The summed E-state index contributed by atoms with van der Waals surface area (Å²) in [5.41, 5.74) is 0.628. The Labute approximate surface area is 145 Å². The van der Waals surface area contributed by atoms with Gasteiger partial charge in [-0.25, -0.2) is 4.98 Å². The SMILES string of the molecule is CCCNCCNC(=O)c1ccc(N2CCCC2)nc1.Cl.Cl. The summed E-state index contributed by atoms with van der Waals surface area (Å²) in [6, 6.07) is 3.80. The molecule has 0 unspecified atom stereocenters. The molecule has 1 aromatic rings. The predicted molar refractivity (Wildman–Crippen MR) is 95.7 cm³/mol. The summed E-state index contributed by atoms with van der Waals surface area (Å²) in [6.07, 6.45) is 5.24. The summed E-state index contributed by atoms with van der Waals surface area (Å²) >= 11 is 0. The molecule has 7 heteroatoms. The number of nitrogens with one attached hydrogen (secondary N) is 2. The summed E-state index contributed by atoms with van der Waals surface area (Å²) in [6.45, 7) is 6.70. The Morgan fingerprint density at radius 3 is 2.50 bits per heavy atom. The summed E-state index contributed by atoms with van der Waals surface area (Å²) in [5.74, 6) is 0.924. The molecule has 1 amide bonds. The van der Waals surface area contributed by atoms with Crippen molar-refractivity contribution < 1.29 is 4.79 Å². The van der Waals surface area contributed by atoms with Crippen LogP contribution in [0.1, 0.15) is 36.5 Å². The first-order valence-corrected chi connectivity index (χ1v) is 7.51. The molecule has 5 nitrogen and oxygen atoms in total. The number of aromatic nitrogens is 1. The van der Waals surface area contributed by atoms with E-state index in [1.165, 1.54) is 12.8 Å². The van der Waals surface area contributed by atoms with E-state index >= 15 is 0 Å². The first kappa shape index (κ1) is 21.0. The molecule has 0 saturated carbocycles. The monoisotopic (exact) mass is 348 g/mol. The van der Waals surface area contributed by atoms with E-state index in [0.29, 0.717) is 12.1 Å². The van der Waals surface area contributed by atoms with Crippen molar-refractivity contribution >= 4 is 36.5 Å². The van der Waals surface area contributed by atoms with Gasteiger partial charge < -0.3 is 15.5 Å². The molecule has 1 fully saturated rings. The lowest BCUT2D eigenvalue weighted by molar-refractivity contribution is 0.0953. The molecule has 0 aromatic carbocycles. The number of amides is 1. The van der Waals surface area contributed by atoms with Crippen molar-refractivity contribution in [1.82, 2.24) is 15.6 Å². The lowest BCUT2D eigenvalue weighted by atomic mass is 10.2. The maximum absolute atomic E-state index is 11.9. The van der Waals surface area contributed by atoms with Gasteiger partial charge in [0.05, 0.1) is 5.56 Å². The highest BCUT2D eigenvalue weighted by molar-refractivity contribution is 5.94. The highest BCUT2D eigenvalue weighted by atomic mass is 35.5. The van der Waals surface area contributed by atoms with Crippen molar-refractivity contribution in [2.45, 2.75) is 26.2 Å². The van der Waals surface area contributed by atoms with Crippen molar-refractivity contribution in [3.05, 3.63) is 23.9 Å². The summed E-state index contributed by atoms with van der Waals surface area (Å²) in [7, 11) is 0. The van der Waals surface area contributed by atoms with Gasteiger partial charge in [0, 0.05) is 32.4 Å². The molecule has 1 saturated heterocycles. The lowest BCUT2D eigenvalue weighted by Crippen LogP contribution is -2.32. The average Bonchev–Trinajstić information content (AvgIpc) is 3.01. The molecule has 0 bridgehead atoms. The Morgan fingerprint density at radius 1 is 1.18 bits per heavy atom. The topological polar surface area (TPSA) is 57.3 Å². The Balaban J connectivity index is 0.00000220. The van der Waals surface area contributed by atoms with Gasteiger partial charge in [0.1, 0.15) is 5.82 Å². The number of pyridine rings is 1.